The summed E-state index contributed by atoms with van der Waals surface area (Å²) in [6, 6.07) is 18.5. The van der Waals surface area contributed by atoms with Gasteiger partial charge in [-0.3, -0.25) is 4.57 Å². The Morgan fingerprint density at radius 2 is 1.71 bits per heavy atom. The number of sulfone groups is 1. The largest absolute Gasteiger partial charge is 0.299 e. The second-order valence-corrected chi connectivity index (χ2v) is 10.2. The molecule has 1 heterocycles. The molecule has 0 aliphatic heterocycles. The lowest BCUT2D eigenvalue weighted by Gasteiger charge is -2.14. The maximum absolute atomic E-state index is 12.3. The van der Waals surface area contributed by atoms with Gasteiger partial charge in [-0.2, -0.15) is 0 Å². The lowest BCUT2D eigenvalue weighted by molar-refractivity contribution is 0.597. The molecule has 4 rings (SSSR count). The maximum Gasteiger partial charge on any atom is 0.178 e. The highest BCUT2D eigenvalue weighted by molar-refractivity contribution is 7.91. The van der Waals surface area contributed by atoms with Crippen LogP contribution in [0, 0.1) is 6.92 Å². The minimum absolute atomic E-state index is 0.0733. The summed E-state index contributed by atoms with van der Waals surface area (Å²) in [4.78, 5) is 4.82. The van der Waals surface area contributed by atoms with Gasteiger partial charge in [0, 0.05) is 18.0 Å². The summed E-state index contributed by atoms with van der Waals surface area (Å²) in [5.41, 5.74) is 4.51. The van der Waals surface area contributed by atoms with Crippen LogP contribution < -0.4 is 0 Å². The molecule has 0 atom stereocenters. The molecular formula is C24H20Cl2N2O2S. The second kappa shape index (κ2) is 8.50. The Balaban J connectivity index is 1.77. The van der Waals surface area contributed by atoms with E-state index in [2.05, 4.69) is 4.98 Å². The summed E-state index contributed by atoms with van der Waals surface area (Å²) < 4.78 is 26.5. The summed E-state index contributed by atoms with van der Waals surface area (Å²) in [6.45, 7) is 3.66. The molecule has 0 radical (unpaired) electrons. The molecule has 0 unspecified atom stereocenters. The molecule has 0 saturated carbocycles. The third-order valence-electron chi connectivity index (χ3n) is 5.20. The van der Waals surface area contributed by atoms with E-state index in [-0.39, 0.29) is 5.75 Å². The number of benzene rings is 3. The predicted molar refractivity (Wildman–Crippen MR) is 127 cm³/mol. The van der Waals surface area contributed by atoms with E-state index in [4.69, 9.17) is 23.2 Å². The van der Waals surface area contributed by atoms with E-state index in [1.54, 1.807) is 37.4 Å². The molecule has 3 aromatic carbocycles. The molecule has 0 bridgehead atoms. The van der Waals surface area contributed by atoms with Gasteiger partial charge in [0.2, 0.25) is 0 Å². The van der Waals surface area contributed by atoms with Crippen LogP contribution in [0.5, 0.6) is 0 Å². The molecule has 4 nitrogen and oxygen atoms in total. The van der Waals surface area contributed by atoms with Gasteiger partial charge < -0.3 is 0 Å². The molecule has 0 aliphatic rings. The van der Waals surface area contributed by atoms with Crippen LogP contribution in [0.4, 0.5) is 0 Å². The van der Waals surface area contributed by atoms with Crippen LogP contribution in [-0.2, 0) is 9.84 Å². The van der Waals surface area contributed by atoms with Crippen LogP contribution in [0.1, 0.15) is 12.5 Å². The van der Waals surface area contributed by atoms with E-state index in [0.29, 0.717) is 20.8 Å². The van der Waals surface area contributed by atoms with Crippen LogP contribution in [0.15, 0.2) is 78.0 Å². The fraction of sp³-hybridized carbons (Fsp3) is 0.125. The fourth-order valence-corrected chi connectivity index (χ4v) is 4.83. The fourth-order valence-electron chi connectivity index (χ4n) is 3.51. The zero-order valence-corrected chi connectivity index (χ0v) is 19.3. The molecule has 158 valence electrons. The zero-order valence-electron chi connectivity index (χ0n) is 17.0. The smallest absolute Gasteiger partial charge is 0.178 e. The summed E-state index contributed by atoms with van der Waals surface area (Å²) >= 11 is 12.6. The van der Waals surface area contributed by atoms with Crippen molar-refractivity contribution in [3.63, 3.8) is 0 Å². The minimum Gasteiger partial charge on any atom is -0.299 e. The first kappa shape index (κ1) is 21.6. The Bertz CT molecular complexity index is 1380. The van der Waals surface area contributed by atoms with Crippen molar-refractivity contribution in [2.75, 3.05) is 5.75 Å². The lowest BCUT2D eigenvalue weighted by Crippen LogP contribution is -2.03. The van der Waals surface area contributed by atoms with Crippen molar-refractivity contribution in [3.05, 3.63) is 88.7 Å². The monoisotopic (exact) mass is 470 g/mol. The number of halogens is 2. The predicted octanol–water partition coefficient (Wildman–Crippen LogP) is 6.62. The first-order chi connectivity index (χ1) is 14.8. The number of hydrogen-bond donors (Lipinski definition) is 0. The van der Waals surface area contributed by atoms with Crippen molar-refractivity contribution in [1.82, 2.24) is 9.55 Å². The highest BCUT2D eigenvalue weighted by Gasteiger charge is 2.16. The van der Waals surface area contributed by atoms with Gasteiger partial charge in [0.15, 0.2) is 9.84 Å². The number of hydrogen-bond acceptors (Lipinski definition) is 3. The Hall–Kier alpha value is -2.60. The average molecular weight is 471 g/mol. The molecule has 0 N–H and O–H groups in total. The SMILES string of the molecule is CCS(=O)(=O)c1cccc(-c2ccc(-n3ccnc3-c3cccc(Cl)c3Cl)c(C)c2)c1. The Labute approximate surface area is 192 Å². The number of aryl methyl sites for hydroxylation is 1. The highest BCUT2D eigenvalue weighted by Crippen LogP contribution is 2.34. The molecule has 0 aliphatic carbocycles. The van der Waals surface area contributed by atoms with Gasteiger partial charge in [0.1, 0.15) is 5.82 Å². The third-order valence-corrected chi connectivity index (χ3v) is 7.75. The van der Waals surface area contributed by atoms with Gasteiger partial charge in [0.05, 0.1) is 26.4 Å². The minimum atomic E-state index is -3.26. The summed E-state index contributed by atoms with van der Waals surface area (Å²) in [7, 11) is -3.26. The van der Waals surface area contributed by atoms with Crippen molar-refractivity contribution in [1.29, 1.82) is 0 Å². The van der Waals surface area contributed by atoms with E-state index in [0.717, 1.165) is 27.9 Å². The van der Waals surface area contributed by atoms with Crippen LogP contribution in [0.3, 0.4) is 0 Å². The standard InChI is InChI=1S/C24H20Cl2N2O2S/c1-3-31(29,30)19-7-4-6-17(15-19)18-10-11-22(16(2)14-18)28-13-12-27-24(28)20-8-5-9-21(25)23(20)26/h4-15H,3H2,1-2H3. The van der Waals surface area contributed by atoms with Gasteiger partial charge in [-0.05, 0) is 60.0 Å². The van der Waals surface area contributed by atoms with Crippen LogP contribution in [0.2, 0.25) is 10.0 Å². The molecule has 7 heteroatoms. The number of nitrogens with zero attached hydrogens (tertiary/aromatic N) is 2. The molecule has 0 spiro atoms. The van der Waals surface area contributed by atoms with Crippen LogP contribution in [0.25, 0.3) is 28.2 Å². The molecular weight excluding hydrogens is 451 g/mol. The highest BCUT2D eigenvalue weighted by atomic mass is 35.5. The van der Waals surface area contributed by atoms with Gasteiger partial charge >= 0.3 is 0 Å². The molecule has 1 aromatic heterocycles. The maximum atomic E-state index is 12.3. The Kier molecular flexibility index (Phi) is 5.93. The van der Waals surface area contributed by atoms with E-state index in [1.165, 1.54) is 0 Å². The van der Waals surface area contributed by atoms with Crippen molar-refractivity contribution in [3.8, 4) is 28.2 Å². The van der Waals surface area contributed by atoms with E-state index >= 15 is 0 Å². The van der Waals surface area contributed by atoms with E-state index < -0.39 is 9.84 Å². The molecule has 0 fully saturated rings. The Morgan fingerprint density at radius 1 is 0.968 bits per heavy atom. The van der Waals surface area contributed by atoms with Gasteiger partial charge in [-0.25, -0.2) is 13.4 Å². The number of imidazole rings is 1. The first-order valence-electron chi connectivity index (χ1n) is 9.74. The van der Waals surface area contributed by atoms with Gasteiger partial charge in [-0.15, -0.1) is 0 Å². The van der Waals surface area contributed by atoms with Crippen molar-refractivity contribution < 1.29 is 8.42 Å². The second-order valence-electron chi connectivity index (χ2n) is 7.15. The van der Waals surface area contributed by atoms with E-state index in [9.17, 15) is 8.42 Å². The molecule has 0 amide bonds. The number of rotatable bonds is 5. The normalized spacial score (nSPS) is 11.6. The average Bonchev–Trinajstić information content (AvgIpc) is 3.25. The zero-order chi connectivity index (χ0) is 22.2. The molecule has 31 heavy (non-hydrogen) atoms. The third kappa shape index (κ3) is 4.13. The number of aromatic nitrogens is 2. The van der Waals surface area contributed by atoms with Gasteiger partial charge in [-0.1, -0.05) is 54.4 Å². The summed E-state index contributed by atoms with van der Waals surface area (Å²) in [6.07, 6.45) is 3.60. The van der Waals surface area contributed by atoms with Crippen molar-refractivity contribution in [2.24, 2.45) is 0 Å². The topological polar surface area (TPSA) is 52.0 Å². The Morgan fingerprint density at radius 3 is 2.45 bits per heavy atom. The van der Waals surface area contributed by atoms with E-state index in [1.807, 2.05) is 54.1 Å². The van der Waals surface area contributed by atoms with Crippen molar-refractivity contribution >= 4 is 33.0 Å². The van der Waals surface area contributed by atoms with Gasteiger partial charge in [0.25, 0.3) is 0 Å². The molecule has 4 aromatic rings. The molecule has 0 saturated heterocycles. The quantitative estimate of drug-likeness (QED) is 0.329. The van der Waals surface area contributed by atoms with Crippen molar-refractivity contribution in [2.45, 2.75) is 18.7 Å². The summed E-state index contributed by atoms with van der Waals surface area (Å²) in [5.74, 6) is 0.767. The summed E-state index contributed by atoms with van der Waals surface area (Å²) in [5, 5.41) is 0.933. The van der Waals surface area contributed by atoms with Crippen LogP contribution >= 0.6 is 23.2 Å². The lowest BCUT2D eigenvalue weighted by atomic mass is 10.0. The first-order valence-corrected chi connectivity index (χ1v) is 12.1. The van der Waals surface area contributed by atoms with Crippen LogP contribution in [-0.4, -0.2) is 23.7 Å².